The molecule has 4 aromatic carbocycles. The number of hydrogen-bond donors (Lipinski definition) is 1. The van der Waals surface area contributed by atoms with E-state index in [1.165, 1.54) is 23.1 Å². The fraction of sp³-hybridized carbons (Fsp3) is 0.171. The Bertz CT molecular complexity index is 1910. The number of Topliss-reactive ketones (excluding diaryl/α,β-unsaturated/α-hetero) is 1. The van der Waals surface area contributed by atoms with E-state index in [1.807, 2.05) is 44.2 Å². The molecular formula is C35H29FN2O6S. The van der Waals surface area contributed by atoms with E-state index < -0.39 is 23.5 Å². The first-order valence-electron chi connectivity index (χ1n) is 14.4. The van der Waals surface area contributed by atoms with Crippen molar-refractivity contribution >= 4 is 44.1 Å². The molecule has 1 atom stereocenters. The van der Waals surface area contributed by atoms with Gasteiger partial charge in [-0.15, -0.1) is 0 Å². The number of benzene rings is 4. The summed E-state index contributed by atoms with van der Waals surface area (Å²) >= 11 is 1.08. The van der Waals surface area contributed by atoms with Crippen LogP contribution in [0.15, 0.2) is 96.6 Å². The minimum Gasteiger partial charge on any atom is -0.507 e. The molecule has 45 heavy (non-hydrogen) atoms. The Morgan fingerprint density at radius 3 is 2.38 bits per heavy atom. The topological polar surface area (TPSA) is 98.2 Å². The van der Waals surface area contributed by atoms with Crippen molar-refractivity contribution in [1.82, 2.24) is 4.98 Å². The number of aromatic nitrogens is 1. The number of aliphatic hydroxyl groups excluding tert-OH is 1. The van der Waals surface area contributed by atoms with E-state index in [1.54, 1.807) is 42.5 Å². The molecule has 1 N–H and O–H groups in total. The summed E-state index contributed by atoms with van der Waals surface area (Å²) in [4.78, 5) is 33.2. The highest BCUT2D eigenvalue weighted by atomic mass is 32.1. The van der Waals surface area contributed by atoms with E-state index in [2.05, 4.69) is 4.98 Å². The van der Waals surface area contributed by atoms with Crippen molar-refractivity contribution in [2.75, 3.05) is 18.1 Å². The highest BCUT2D eigenvalue weighted by Gasteiger charge is 2.48. The largest absolute Gasteiger partial charge is 0.507 e. The molecule has 1 amide bonds. The Hall–Kier alpha value is -5.22. The number of amides is 1. The average molecular weight is 625 g/mol. The van der Waals surface area contributed by atoms with Gasteiger partial charge in [0.1, 0.15) is 23.9 Å². The fourth-order valence-corrected chi connectivity index (χ4v) is 6.20. The summed E-state index contributed by atoms with van der Waals surface area (Å²) in [6.45, 7) is 4.81. The van der Waals surface area contributed by atoms with Crippen LogP contribution < -0.4 is 19.1 Å². The van der Waals surface area contributed by atoms with Crippen molar-refractivity contribution in [3.63, 3.8) is 0 Å². The Balaban J connectivity index is 1.47. The molecule has 10 heteroatoms. The molecule has 1 fully saturated rings. The van der Waals surface area contributed by atoms with Crippen LogP contribution in [0.2, 0.25) is 0 Å². The highest BCUT2D eigenvalue weighted by Crippen LogP contribution is 2.46. The first-order chi connectivity index (χ1) is 21.9. The molecule has 1 unspecified atom stereocenters. The Labute approximate surface area is 262 Å². The standard InChI is InChI=1S/C35H29FN2O6S/c1-3-42-25-14-10-22(11-15-25)32(39)30-31(38(34(41)33(30)40)35-37-26-16-13-24(36)19-29(26)45-35)23-12-17-27(28(18-23)43-4-2)44-20-21-8-6-5-7-9-21/h5-19,31,39H,3-4,20H2,1-2H3/b32-30+. The van der Waals surface area contributed by atoms with E-state index in [4.69, 9.17) is 14.2 Å². The summed E-state index contributed by atoms with van der Waals surface area (Å²) in [6, 6.07) is 24.5. The summed E-state index contributed by atoms with van der Waals surface area (Å²) in [6.07, 6.45) is 0. The summed E-state index contributed by atoms with van der Waals surface area (Å²) in [5.41, 5.74) is 2.15. The van der Waals surface area contributed by atoms with Gasteiger partial charge in [-0.2, -0.15) is 0 Å². The van der Waals surface area contributed by atoms with Gasteiger partial charge in [0.05, 0.1) is 35.0 Å². The van der Waals surface area contributed by atoms with Crippen LogP contribution in [0, 0.1) is 5.82 Å². The van der Waals surface area contributed by atoms with Crippen LogP contribution in [0.25, 0.3) is 16.0 Å². The molecule has 0 radical (unpaired) electrons. The predicted molar refractivity (Wildman–Crippen MR) is 170 cm³/mol. The molecule has 5 aromatic rings. The van der Waals surface area contributed by atoms with Crippen LogP contribution in [0.1, 0.15) is 36.6 Å². The summed E-state index contributed by atoms with van der Waals surface area (Å²) in [7, 11) is 0. The molecule has 0 aliphatic carbocycles. The van der Waals surface area contributed by atoms with Gasteiger partial charge in [-0.1, -0.05) is 47.7 Å². The van der Waals surface area contributed by atoms with Crippen molar-refractivity contribution in [1.29, 1.82) is 0 Å². The van der Waals surface area contributed by atoms with Gasteiger partial charge in [0.25, 0.3) is 5.78 Å². The molecule has 8 nitrogen and oxygen atoms in total. The number of carbonyl (C=O) groups is 2. The summed E-state index contributed by atoms with van der Waals surface area (Å²) < 4.78 is 32.1. The van der Waals surface area contributed by atoms with Crippen LogP contribution in [0.3, 0.4) is 0 Å². The number of carbonyl (C=O) groups excluding carboxylic acids is 2. The second kappa shape index (κ2) is 12.8. The van der Waals surface area contributed by atoms with E-state index in [9.17, 15) is 19.1 Å². The van der Waals surface area contributed by atoms with Gasteiger partial charge in [0.2, 0.25) is 0 Å². The minimum atomic E-state index is -1.07. The number of fused-ring (bicyclic) bond motifs is 1. The molecule has 1 aliphatic heterocycles. The molecule has 1 aliphatic rings. The third-order valence-electron chi connectivity index (χ3n) is 7.25. The lowest BCUT2D eigenvalue weighted by molar-refractivity contribution is -0.132. The van der Waals surface area contributed by atoms with Gasteiger partial charge in [-0.05, 0) is 79.6 Å². The molecule has 1 saturated heterocycles. The van der Waals surface area contributed by atoms with Crippen LogP contribution in [-0.4, -0.2) is 35.0 Å². The van der Waals surface area contributed by atoms with Crippen molar-refractivity contribution in [2.45, 2.75) is 26.5 Å². The summed E-state index contributed by atoms with van der Waals surface area (Å²) in [5.74, 6) is -1.06. The third-order valence-corrected chi connectivity index (χ3v) is 8.27. The smallest absolute Gasteiger partial charge is 0.301 e. The van der Waals surface area contributed by atoms with Crippen molar-refractivity contribution in [2.24, 2.45) is 0 Å². The van der Waals surface area contributed by atoms with Gasteiger partial charge in [-0.25, -0.2) is 9.37 Å². The number of ketones is 1. The SMILES string of the molecule is CCOc1ccc(/C(O)=C2\C(=O)C(=O)N(c3nc4ccc(F)cc4s3)C2c2ccc(OCc3ccccc3)c(OCC)c2)cc1. The number of ether oxygens (including phenoxy) is 3. The van der Waals surface area contributed by atoms with Crippen molar-refractivity contribution in [3.8, 4) is 17.2 Å². The number of aliphatic hydroxyl groups is 1. The second-order valence-electron chi connectivity index (χ2n) is 10.1. The lowest BCUT2D eigenvalue weighted by Crippen LogP contribution is -2.29. The number of anilines is 1. The number of hydrogen-bond acceptors (Lipinski definition) is 8. The Morgan fingerprint density at radius 2 is 1.64 bits per heavy atom. The first kappa shape index (κ1) is 29.8. The van der Waals surface area contributed by atoms with Crippen molar-refractivity contribution in [3.05, 3.63) is 119 Å². The Morgan fingerprint density at radius 1 is 0.889 bits per heavy atom. The van der Waals surface area contributed by atoms with Crippen LogP contribution in [0.5, 0.6) is 17.2 Å². The highest BCUT2D eigenvalue weighted by molar-refractivity contribution is 7.22. The molecule has 2 heterocycles. The maximum atomic E-state index is 14.0. The number of rotatable bonds is 10. The minimum absolute atomic E-state index is 0.116. The molecule has 0 bridgehead atoms. The van der Waals surface area contributed by atoms with Crippen LogP contribution in [0.4, 0.5) is 9.52 Å². The quantitative estimate of drug-likeness (QED) is 0.0980. The lowest BCUT2D eigenvalue weighted by atomic mass is 9.95. The number of nitrogens with zero attached hydrogens (tertiary/aromatic N) is 2. The van der Waals surface area contributed by atoms with Gasteiger partial charge >= 0.3 is 5.91 Å². The zero-order valence-corrected chi connectivity index (χ0v) is 25.3. The third kappa shape index (κ3) is 5.97. The predicted octanol–water partition coefficient (Wildman–Crippen LogP) is 7.44. The monoisotopic (exact) mass is 624 g/mol. The Kier molecular flexibility index (Phi) is 8.48. The molecule has 6 rings (SSSR count). The first-order valence-corrected chi connectivity index (χ1v) is 15.2. The average Bonchev–Trinajstić information content (AvgIpc) is 3.58. The van der Waals surface area contributed by atoms with Gasteiger partial charge < -0.3 is 19.3 Å². The van der Waals surface area contributed by atoms with Crippen LogP contribution >= 0.6 is 11.3 Å². The molecule has 1 aromatic heterocycles. The van der Waals surface area contributed by atoms with E-state index in [0.29, 0.717) is 58.4 Å². The number of thiazole rings is 1. The molecule has 0 saturated carbocycles. The lowest BCUT2D eigenvalue weighted by Gasteiger charge is -2.24. The second-order valence-corrected chi connectivity index (χ2v) is 11.2. The zero-order valence-electron chi connectivity index (χ0n) is 24.5. The van der Waals surface area contributed by atoms with Gasteiger partial charge in [0, 0.05) is 5.56 Å². The summed E-state index contributed by atoms with van der Waals surface area (Å²) in [5, 5.41) is 11.7. The van der Waals surface area contributed by atoms with E-state index in [-0.39, 0.29) is 16.5 Å². The molecule has 228 valence electrons. The normalized spacial score (nSPS) is 15.9. The van der Waals surface area contributed by atoms with Gasteiger partial charge in [-0.3, -0.25) is 14.5 Å². The van der Waals surface area contributed by atoms with Gasteiger partial charge in [0.15, 0.2) is 16.6 Å². The maximum Gasteiger partial charge on any atom is 0.301 e. The number of halogens is 1. The van der Waals surface area contributed by atoms with E-state index >= 15 is 0 Å². The van der Waals surface area contributed by atoms with E-state index in [0.717, 1.165) is 16.9 Å². The fourth-order valence-electron chi connectivity index (χ4n) is 5.18. The molecule has 0 spiro atoms. The maximum absolute atomic E-state index is 14.0. The van der Waals surface area contributed by atoms with Crippen LogP contribution in [-0.2, 0) is 16.2 Å². The molecular weight excluding hydrogens is 595 g/mol. The zero-order chi connectivity index (χ0) is 31.5. The van der Waals surface area contributed by atoms with Crippen molar-refractivity contribution < 1.29 is 33.3 Å².